The number of hydrogen-bond acceptors (Lipinski definition) is 5. The first-order chi connectivity index (χ1) is 14.3. The number of rotatable bonds is 4. The smallest absolute Gasteiger partial charge is 0.229 e. The highest BCUT2D eigenvalue weighted by Crippen LogP contribution is 2.31. The second-order valence-electron chi connectivity index (χ2n) is 8.28. The number of H-pyrrole nitrogens is 1. The molecule has 29 heavy (non-hydrogen) atoms. The summed E-state index contributed by atoms with van der Waals surface area (Å²) in [5.74, 6) is 2.65. The average Bonchev–Trinajstić information content (AvgIpc) is 3.15. The molecule has 2 fully saturated rings. The Hall–Kier alpha value is -2.60. The van der Waals surface area contributed by atoms with Gasteiger partial charge in [-0.15, -0.1) is 0 Å². The van der Waals surface area contributed by atoms with Crippen molar-refractivity contribution in [3.8, 4) is 0 Å². The predicted molar refractivity (Wildman–Crippen MR) is 117 cm³/mol. The van der Waals surface area contributed by atoms with Crippen LogP contribution in [0.15, 0.2) is 36.4 Å². The summed E-state index contributed by atoms with van der Waals surface area (Å²) < 4.78 is 5.50. The minimum absolute atomic E-state index is 0.741. The van der Waals surface area contributed by atoms with Gasteiger partial charge in [-0.05, 0) is 43.7 Å². The summed E-state index contributed by atoms with van der Waals surface area (Å²) in [5, 5.41) is 1.14. The number of nitrogens with zero attached hydrogens (tertiary/aromatic N) is 4. The highest BCUT2D eigenvalue weighted by Gasteiger charge is 2.25. The summed E-state index contributed by atoms with van der Waals surface area (Å²) in [4.78, 5) is 18.0. The lowest BCUT2D eigenvalue weighted by molar-refractivity contribution is 0.122. The van der Waals surface area contributed by atoms with Crippen LogP contribution in [0.2, 0.25) is 0 Å². The third-order valence-electron chi connectivity index (χ3n) is 6.17. The fraction of sp³-hybridized carbons (Fsp3) is 0.478. The van der Waals surface area contributed by atoms with Crippen molar-refractivity contribution in [3.63, 3.8) is 0 Å². The molecule has 6 nitrogen and oxygen atoms in total. The molecule has 4 heterocycles. The Labute approximate surface area is 171 Å². The molecule has 0 aliphatic carbocycles. The van der Waals surface area contributed by atoms with Crippen LogP contribution in [0.1, 0.15) is 24.1 Å². The van der Waals surface area contributed by atoms with Gasteiger partial charge in [0.1, 0.15) is 11.5 Å². The number of aromatic amines is 1. The van der Waals surface area contributed by atoms with Gasteiger partial charge in [-0.2, -0.15) is 9.97 Å². The molecule has 1 aromatic carbocycles. The molecule has 152 valence electrons. The zero-order valence-electron chi connectivity index (χ0n) is 17.1. The van der Waals surface area contributed by atoms with Crippen LogP contribution >= 0.6 is 0 Å². The molecule has 3 aromatic rings. The van der Waals surface area contributed by atoms with Gasteiger partial charge >= 0.3 is 0 Å². The molecule has 2 aliphatic heterocycles. The third-order valence-corrected chi connectivity index (χ3v) is 6.17. The van der Waals surface area contributed by atoms with Crippen LogP contribution in [0.3, 0.4) is 0 Å². The zero-order valence-corrected chi connectivity index (χ0v) is 17.1. The van der Waals surface area contributed by atoms with Gasteiger partial charge in [0, 0.05) is 31.9 Å². The number of fused-ring (bicyclic) bond motifs is 1. The number of ether oxygens (including phenoxy) is 1. The molecular weight excluding hydrogens is 362 g/mol. The standard InChI is InChI=1S/C23H29N5O/c1-17-15-20-21(24-17)25-23(28-11-13-29-14-12-28)26-22(20)27-9-7-19(8-10-27)16-18-5-3-2-4-6-18/h2-6,15,19H,7-14,16H2,1H3,(H,24,25,26). The molecule has 0 saturated carbocycles. The lowest BCUT2D eigenvalue weighted by Gasteiger charge is -2.34. The first-order valence-electron chi connectivity index (χ1n) is 10.8. The SMILES string of the molecule is Cc1cc2c(N3CCC(Cc4ccccc4)CC3)nc(N3CCOCC3)nc2[nH]1. The van der Waals surface area contributed by atoms with Crippen LogP contribution < -0.4 is 9.80 Å². The van der Waals surface area contributed by atoms with Gasteiger partial charge in [-0.25, -0.2) is 0 Å². The number of morpholine rings is 1. The Kier molecular flexibility index (Phi) is 5.10. The van der Waals surface area contributed by atoms with E-state index in [9.17, 15) is 0 Å². The summed E-state index contributed by atoms with van der Waals surface area (Å²) in [7, 11) is 0. The third kappa shape index (κ3) is 3.94. The van der Waals surface area contributed by atoms with E-state index in [4.69, 9.17) is 14.7 Å². The molecule has 0 radical (unpaired) electrons. The fourth-order valence-electron chi connectivity index (χ4n) is 4.56. The van der Waals surface area contributed by atoms with Crippen molar-refractivity contribution in [1.29, 1.82) is 0 Å². The second kappa shape index (κ2) is 8.03. The first-order valence-corrected chi connectivity index (χ1v) is 10.8. The van der Waals surface area contributed by atoms with Gasteiger partial charge in [-0.3, -0.25) is 0 Å². The lowest BCUT2D eigenvalue weighted by atomic mass is 9.90. The number of aryl methyl sites for hydroxylation is 1. The van der Waals surface area contributed by atoms with Crippen LogP contribution in [0.5, 0.6) is 0 Å². The van der Waals surface area contributed by atoms with E-state index in [1.807, 2.05) is 0 Å². The number of piperidine rings is 1. The van der Waals surface area contributed by atoms with Crippen LogP contribution in [0, 0.1) is 12.8 Å². The van der Waals surface area contributed by atoms with Gasteiger partial charge in [0.2, 0.25) is 5.95 Å². The van der Waals surface area contributed by atoms with Crippen molar-refractivity contribution >= 4 is 22.8 Å². The topological polar surface area (TPSA) is 57.3 Å². The highest BCUT2D eigenvalue weighted by atomic mass is 16.5. The molecule has 0 atom stereocenters. The number of hydrogen-bond donors (Lipinski definition) is 1. The minimum atomic E-state index is 0.741. The Balaban J connectivity index is 1.36. The normalized spacial score (nSPS) is 18.5. The molecule has 2 aliphatic rings. The molecule has 1 N–H and O–H groups in total. The summed E-state index contributed by atoms with van der Waals surface area (Å²) in [5.41, 5.74) is 3.53. The molecule has 0 unspecified atom stereocenters. The van der Waals surface area contributed by atoms with E-state index >= 15 is 0 Å². The maximum Gasteiger partial charge on any atom is 0.229 e. The molecule has 2 saturated heterocycles. The van der Waals surface area contributed by atoms with Gasteiger partial charge < -0.3 is 19.5 Å². The molecule has 0 spiro atoms. The van der Waals surface area contributed by atoms with Crippen LogP contribution in [-0.2, 0) is 11.2 Å². The summed E-state index contributed by atoms with van der Waals surface area (Å²) in [6.07, 6.45) is 3.59. The average molecular weight is 392 g/mol. The van der Waals surface area contributed by atoms with E-state index < -0.39 is 0 Å². The number of anilines is 2. The Morgan fingerprint density at radius 1 is 1.00 bits per heavy atom. The molecule has 0 amide bonds. The largest absolute Gasteiger partial charge is 0.378 e. The Morgan fingerprint density at radius 3 is 2.52 bits per heavy atom. The van der Waals surface area contributed by atoms with E-state index in [1.54, 1.807) is 0 Å². The van der Waals surface area contributed by atoms with Crippen molar-refractivity contribution in [3.05, 3.63) is 47.7 Å². The fourth-order valence-corrected chi connectivity index (χ4v) is 4.56. The monoisotopic (exact) mass is 391 g/mol. The number of benzene rings is 1. The van der Waals surface area contributed by atoms with Crippen molar-refractivity contribution in [1.82, 2.24) is 15.0 Å². The first kappa shape index (κ1) is 18.4. The van der Waals surface area contributed by atoms with Gasteiger partial charge in [0.05, 0.1) is 18.6 Å². The molecule has 0 bridgehead atoms. The maximum absolute atomic E-state index is 5.50. The van der Waals surface area contributed by atoms with E-state index in [2.05, 4.69) is 58.1 Å². The molecule has 2 aromatic heterocycles. The quantitative estimate of drug-likeness (QED) is 0.737. The Bertz CT molecular complexity index is 956. The van der Waals surface area contributed by atoms with E-state index in [-0.39, 0.29) is 0 Å². The van der Waals surface area contributed by atoms with Crippen molar-refractivity contribution in [2.75, 3.05) is 49.2 Å². The lowest BCUT2D eigenvalue weighted by Crippen LogP contribution is -2.38. The van der Waals surface area contributed by atoms with E-state index in [1.165, 1.54) is 24.8 Å². The van der Waals surface area contributed by atoms with Crippen LogP contribution in [-0.4, -0.2) is 54.3 Å². The van der Waals surface area contributed by atoms with Crippen molar-refractivity contribution < 1.29 is 4.74 Å². The molecule has 5 rings (SSSR count). The van der Waals surface area contributed by atoms with Crippen molar-refractivity contribution in [2.24, 2.45) is 5.92 Å². The highest BCUT2D eigenvalue weighted by molar-refractivity contribution is 5.89. The molecule has 6 heteroatoms. The van der Waals surface area contributed by atoms with Gasteiger partial charge in [0.15, 0.2) is 0 Å². The predicted octanol–water partition coefficient (Wildman–Crippen LogP) is 3.56. The number of aromatic nitrogens is 3. The van der Waals surface area contributed by atoms with Gasteiger partial charge in [0.25, 0.3) is 0 Å². The maximum atomic E-state index is 5.50. The summed E-state index contributed by atoms with van der Waals surface area (Å²) >= 11 is 0. The van der Waals surface area contributed by atoms with E-state index in [0.29, 0.717) is 0 Å². The minimum Gasteiger partial charge on any atom is -0.378 e. The Morgan fingerprint density at radius 2 is 1.76 bits per heavy atom. The van der Waals surface area contributed by atoms with Crippen molar-refractivity contribution in [2.45, 2.75) is 26.2 Å². The second-order valence-corrected chi connectivity index (χ2v) is 8.28. The summed E-state index contributed by atoms with van der Waals surface area (Å²) in [6, 6.07) is 13.1. The zero-order chi connectivity index (χ0) is 19.6. The summed E-state index contributed by atoms with van der Waals surface area (Å²) in [6.45, 7) is 7.38. The van der Waals surface area contributed by atoms with Gasteiger partial charge in [-0.1, -0.05) is 30.3 Å². The van der Waals surface area contributed by atoms with Crippen LogP contribution in [0.25, 0.3) is 11.0 Å². The molecular formula is C23H29N5O. The van der Waals surface area contributed by atoms with Crippen LogP contribution in [0.4, 0.5) is 11.8 Å². The number of nitrogens with one attached hydrogen (secondary N) is 1. The van der Waals surface area contributed by atoms with E-state index in [0.717, 1.165) is 73.8 Å².